The first-order valence-electron chi connectivity index (χ1n) is 11.4. The van der Waals surface area contributed by atoms with Gasteiger partial charge in [0, 0.05) is 31.9 Å². The highest BCUT2D eigenvalue weighted by molar-refractivity contribution is 5.85. The lowest BCUT2D eigenvalue weighted by Crippen LogP contribution is -2.52. The highest BCUT2D eigenvalue weighted by atomic mass is 16.5. The lowest BCUT2D eigenvalue weighted by molar-refractivity contribution is -0.150. The molecule has 0 aliphatic carbocycles. The smallest absolute Gasteiger partial charge is 0.229 e. The summed E-state index contributed by atoms with van der Waals surface area (Å²) in [5, 5.41) is 0. The van der Waals surface area contributed by atoms with Gasteiger partial charge in [-0.15, -0.1) is 0 Å². The number of piperidine rings is 1. The maximum Gasteiger partial charge on any atom is 0.229 e. The molecule has 2 aromatic carbocycles. The molecule has 2 saturated heterocycles. The van der Waals surface area contributed by atoms with Crippen molar-refractivity contribution in [2.45, 2.75) is 32.1 Å². The second-order valence-corrected chi connectivity index (χ2v) is 8.96. The third kappa shape index (κ3) is 4.65. The number of rotatable bonds is 6. The summed E-state index contributed by atoms with van der Waals surface area (Å²) in [6.45, 7) is 2.29. The van der Waals surface area contributed by atoms with Crippen LogP contribution in [-0.2, 0) is 20.7 Å². The van der Waals surface area contributed by atoms with Crippen LogP contribution in [0.5, 0.6) is 5.75 Å². The molecule has 4 rings (SSSR count). The Morgan fingerprint density at radius 2 is 1.84 bits per heavy atom. The van der Waals surface area contributed by atoms with Crippen LogP contribution in [0.4, 0.5) is 0 Å². The number of carbonyl (C=O) groups excluding carboxylic acids is 2. The van der Waals surface area contributed by atoms with Crippen LogP contribution in [0.15, 0.2) is 48.5 Å². The summed E-state index contributed by atoms with van der Waals surface area (Å²) in [5.74, 6) is 0.422. The van der Waals surface area contributed by atoms with Gasteiger partial charge >= 0.3 is 0 Å². The molecular weight excluding hydrogens is 404 g/mol. The summed E-state index contributed by atoms with van der Waals surface area (Å²) < 4.78 is 11.1. The first-order chi connectivity index (χ1) is 15.5. The first kappa shape index (κ1) is 22.3. The fourth-order valence-corrected chi connectivity index (χ4v) is 5.03. The van der Waals surface area contributed by atoms with Gasteiger partial charge in [-0.25, -0.2) is 0 Å². The minimum absolute atomic E-state index is 0.139. The minimum Gasteiger partial charge on any atom is -0.496 e. The molecular formula is C26H32N2O4. The number of carbonyl (C=O) groups is 2. The number of benzene rings is 2. The zero-order valence-electron chi connectivity index (χ0n) is 18.7. The number of ether oxygens (including phenoxy) is 2. The van der Waals surface area contributed by atoms with E-state index < -0.39 is 5.41 Å². The Bertz CT molecular complexity index is 951. The average molecular weight is 437 g/mol. The lowest BCUT2D eigenvalue weighted by atomic mass is 9.73. The molecule has 2 aliphatic heterocycles. The Morgan fingerprint density at radius 1 is 1.12 bits per heavy atom. The summed E-state index contributed by atoms with van der Waals surface area (Å²) in [4.78, 5) is 27.3. The zero-order valence-corrected chi connectivity index (χ0v) is 18.7. The average Bonchev–Trinajstić information content (AvgIpc) is 2.84. The molecule has 0 spiro atoms. The molecule has 0 saturated carbocycles. The predicted octanol–water partition coefficient (Wildman–Crippen LogP) is 3.43. The normalized spacial score (nSPS) is 20.5. The number of nitrogens with two attached hydrogens (primary N) is 1. The van der Waals surface area contributed by atoms with Crippen LogP contribution in [0.2, 0.25) is 0 Å². The van der Waals surface area contributed by atoms with Gasteiger partial charge in [0.15, 0.2) is 0 Å². The number of para-hydroxylation sites is 1. The van der Waals surface area contributed by atoms with Crippen LogP contribution in [0.25, 0.3) is 11.1 Å². The van der Waals surface area contributed by atoms with Crippen LogP contribution in [0.1, 0.15) is 31.2 Å². The molecule has 6 nitrogen and oxygen atoms in total. The first-order valence-corrected chi connectivity index (χ1v) is 11.4. The second kappa shape index (κ2) is 9.74. The van der Waals surface area contributed by atoms with Gasteiger partial charge in [0.25, 0.3) is 0 Å². The van der Waals surface area contributed by atoms with Crippen LogP contribution < -0.4 is 10.5 Å². The van der Waals surface area contributed by atoms with E-state index in [2.05, 4.69) is 24.3 Å². The van der Waals surface area contributed by atoms with Crippen LogP contribution in [0, 0.1) is 11.3 Å². The Hall–Kier alpha value is -2.86. The fourth-order valence-electron chi connectivity index (χ4n) is 5.03. The van der Waals surface area contributed by atoms with Gasteiger partial charge in [0.2, 0.25) is 11.8 Å². The Labute approximate surface area is 189 Å². The third-order valence-electron chi connectivity index (χ3n) is 6.93. The summed E-state index contributed by atoms with van der Waals surface area (Å²) in [6.07, 6.45) is 3.63. The van der Waals surface area contributed by atoms with E-state index in [1.54, 1.807) is 7.11 Å². The van der Waals surface area contributed by atoms with Crippen molar-refractivity contribution in [2.24, 2.45) is 17.1 Å². The molecule has 2 fully saturated rings. The molecule has 6 heteroatoms. The third-order valence-corrected chi connectivity index (χ3v) is 6.93. The summed E-state index contributed by atoms with van der Waals surface area (Å²) >= 11 is 0. The zero-order chi connectivity index (χ0) is 22.6. The Balaban J connectivity index is 1.55. The van der Waals surface area contributed by atoms with Crippen molar-refractivity contribution in [3.8, 4) is 16.9 Å². The number of amides is 2. The van der Waals surface area contributed by atoms with E-state index in [4.69, 9.17) is 15.2 Å². The van der Waals surface area contributed by atoms with Gasteiger partial charge in [-0.2, -0.15) is 0 Å². The van der Waals surface area contributed by atoms with Crippen molar-refractivity contribution < 1.29 is 19.1 Å². The summed E-state index contributed by atoms with van der Waals surface area (Å²) in [5.41, 5.74) is 8.30. The highest BCUT2D eigenvalue weighted by Crippen LogP contribution is 2.38. The van der Waals surface area contributed by atoms with E-state index in [1.807, 2.05) is 29.2 Å². The van der Waals surface area contributed by atoms with E-state index >= 15 is 0 Å². The second-order valence-electron chi connectivity index (χ2n) is 8.96. The summed E-state index contributed by atoms with van der Waals surface area (Å²) in [7, 11) is 1.68. The number of hydrogen-bond acceptors (Lipinski definition) is 4. The SMILES string of the molecule is COc1ccccc1-c1ccc(CC2(C(=O)N3CCC[C@H](C(N)=O)C3)CCOCC2)cc1. The van der Waals surface area contributed by atoms with Crippen LogP contribution >= 0.6 is 0 Å². The van der Waals surface area contributed by atoms with Gasteiger partial charge in [0.1, 0.15) is 5.75 Å². The van der Waals surface area contributed by atoms with E-state index in [0.29, 0.717) is 45.6 Å². The van der Waals surface area contributed by atoms with E-state index in [9.17, 15) is 9.59 Å². The van der Waals surface area contributed by atoms with Gasteiger partial charge in [0.05, 0.1) is 18.4 Å². The summed E-state index contributed by atoms with van der Waals surface area (Å²) in [6, 6.07) is 16.4. The number of primary amides is 1. The lowest BCUT2D eigenvalue weighted by Gasteiger charge is -2.42. The molecule has 0 aromatic heterocycles. The van der Waals surface area contributed by atoms with Crippen molar-refractivity contribution >= 4 is 11.8 Å². The van der Waals surface area contributed by atoms with E-state index in [-0.39, 0.29) is 17.7 Å². The molecule has 2 aromatic rings. The van der Waals surface area contributed by atoms with Crippen molar-refractivity contribution in [2.75, 3.05) is 33.4 Å². The van der Waals surface area contributed by atoms with Gasteiger partial charge in [-0.05, 0) is 49.3 Å². The molecule has 0 radical (unpaired) electrons. The van der Waals surface area contributed by atoms with Gasteiger partial charge < -0.3 is 20.1 Å². The van der Waals surface area contributed by atoms with E-state index in [1.165, 1.54) is 0 Å². The maximum atomic E-state index is 13.7. The molecule has 0 bridgehead atoms. The predicted molar refractivity (Wildman–Crippen MR) is 123 cm³/mol. The molecule has 2 heterocycles. The van der Waals surface area contributed by atoms with Crippen molar-refractivity contribution in [1.29, 1.82) is 0 Å². The molecule has 0 unspecified atom stereocenters. The topological polar surface area (TPSA) is 81.9 Å². The minimum atomic E-state index is -0.496. The van der Waals surface area contributed by atoms with E-state index in [0.717, 1.165) is 35.3 Å². The van der Waals surface area contributed by atoms with Gasteiger partial charge in [-0.3, -0.25) is 9.59 Å². The molecule has 1 atom stereocenters. The molecule has 2 amide bonds. The van der Waals surface area contributed by atoms with Crippen molar-refractivity contribution in [3.05, 3.63) is 54.1 Å². The van der Waals surface area contributed by atoms with Crippen molar-refractivity contribution in [1.82, 2.24) is 4.90 Å². The number of likely N-dealkylation sites (tertiary alicyclic amines) is 1. The molecule has 170 valence electrons. The van der Waals surface area contributed by atoms with Crippen LogP contribution in [-0.4, -0.2) is 50.1 Å². The maximum absolute atomic E-state index is 13.7. The Morgan fingerprint density at radius 3 is 2.53 bits per heavy atom. The van der Waals surface area contributed by atoms with Crippen LogP contribution in [0.3, 0.4) is 0 Å². The number of methoxy groups -OCH3 is 1. The number of hydrogen-bond donors (Lipinski definition) is 1. The standard InChI is InChI=1S/C26H32N2O4/c1-31-23-7-3-2-6-22(23)20-10-8-19(9-11-20)17-26(12-15-32-16-13-26)25(30)28-14-4-5-21(18-28)24(27)29/h2-3,6-11,21H,4-5,12-18H2,1H3,(H2,27,29)/t21-/m0/s1. The monoisotopic (exact) mass is 436 g/mol. The quantitative estimate of drug-likeness (QED) is 0.752. The molecule has 2 N–H and O–H groups in total. The highest BCUT2D eigenvalue weighted by Gasteiger charge is 2.43. The molecule has 2 aliphatic rings. The van der Waals surface area contributed by atoms with Crippen molar-refractivity contribution in [3.63, 3.8) is 0 Å². The number of nitrogens with zero attached hydrogens (tertiary/aromatic N) is 1. The fraction of sp³-hybridized carbons (Fsp3) is 0.462. The Kier molecular flexibility index (Phi) is 6.80. The molecule has 32 heavy (non-hydrogen) atoms. The largest absolute Gasteiger partial charge is 0.496 e. The van der Waals surface area contributed by atoms with Gasteiger partial charge in [-0.1, -0.05) is 42.5 Å².